The van der Waals surface area contributed by atoms with Crippen LogP contribution < -0.4 is 10.9 Å². The number of para-hydroxylation sites is 1. The topological polar surface area (TPSA) is 48.1 Å². The van der Waals surface area contributed by atoms with Crippen LogP contribution >= 0.6 is 0 Å². The summed E-state index contributed by atoms with van der Waals surface area (Å²) in [7, 11) is 2.15. The number of H-pyrrole nitrogens is 1. The second-order valence-corrected chi connectivity index (χ2v) is 5.69. The monoisotopic (exact) mass is 271 g/mol. The summed E-state index contributed by atoms with van der Waals surface area (Å²) in [5, 5.41) is 4.60. The quantitative estimate of drug-likeness (QED) is 0.893. The lowest BCUT2D eigenvalue weighted by molar-refractivity contribution is 0.226. The molecule has 1 aromatic carbocycles. The highest BCUT2D eigenvalue weighted by Crippen LogP contribution is 2.11. The first-order chi connectivity index (χ1) is 9.72. The van der Waals surface area contributed by atoms with Crippen LogP contribution in [0, 0.1) is 0 Å². The molecular weight excluding hydrogens is 250 g/mol. The van der Waals surface area contributed by atoms with Crippen LogP contribution in [0.5, 0.6) is 0 Å². The molecule has 2 heterocycles. The van der Waals surface area contributed by atoms with Crippen LogP contribution in [0.2, 0.25) is 0 Å². The molecule has 4 heteroatoms. The van der Waals surface area contributed by atoms with Crippen molar-refractivity contribution >= 4 is 10.9 Å². The van der Waals surface area contributed by atoms with Gasteiger partial charge in [-0.15, -0.1) is 0 Å². The van der Waals surface area contributed by atoms with E-state index < -0.39 is 0 Å². The third-order valence-corrected chi connectivity index (χ3v) is 4.04. The molecular formula is C16H21N3O. The van der Waals surface area contributed by atoms with Gasteiger partial charge in [-0.25, -0.2) is 0 Å². The second kappa shape index (κ2) is 5.77. The number of hydrogen-bond donors (Lipinski definition) is 2. The molecule has 0 radical (unpaired) electrons. The fraction of sp³-hybridized carbons (Fsp3) is 0.438. The molecule has 4 nitrogen and oxygen atoms in total. The highest BCUT2D eigenvalue weighted by atomic mass is 16.1. The fourth-order valence-corrected chi connectivity index (χ4v) is 2.91. The van der Waals surface area contributed by atoms with E-state index >= 15 is 0 Å². The van der Waals surface area contributed by atoms with E-state index in [9.17, 15) is 4.79 Å². The average Bonchev–Trinajstić information content (AvgIpc) is 2.45. The zero-order valence-corrected chi connectivity index (χ0v) is 11.9. The molecule has 20 heavy (non-hydrogen) atoms. The molecule has 1 aliphatic heterocycles. The van der Waals surface area contributed by atoms with Crippen LogP contribution in [0.1, 0.15) is 18.4 Å². The Hall–Kier alpha value is -1.65. The molecule has 1 aromatic heterocycles. The lowest BCUT2D eigenvalue weighted by Gasteiger charge is -2.30. The number of pyridine rings is 1. The second-order valence-electron chi connectivity index (χ2n) is 5.69. The van der Waals surface area contributed by atoms with Crippen LogP contribution in [0.3, 0.4) is 0 Å². The maximum atomic E-state index is 12.1. The minimum atomic E-state index is 0.0142. The van der Waals surface area contributed by atoms with Crippen molar-refractivity contribution in [1.29, 1.82) is 0 Å². The van der Waals surface area contributed by atoms with Crippen molar-refractivity contribution in [3.63, 3.8) is 0 Å². The molecule has 3 rings (SSSR count). The first-order valence-electron chi connectivity index (χ1n) is 7.25. The Morgan fingerprint density at radius 1 is 1.40 bits per heavy atom. The third kappa shape index (κ3) is 2.92. The van der Waals surface area contributed by atoms with Gasteiger partial charge in [-0.2, -0.15) is 0 Å². The van der Waals surface area contributed by atoms with E-state index in [4.69, 9.17) is 0 Å². The number of benzene rings is 1. The number of likely N-dealkylation sites (N-methyl/N-ethyl adjacent to an activating group) is 1. The highest BCUT2D eigenvalue weighted by molar-refractivity contribution is 5.78. The molecule has 0 amide bonds. The molecule has 2 aromatic rings. The molecule has 106 valence electrons. The van der Waals surface area contributed by atoms with Gasteiger partial charge in [-0.05, 0) is 44.0 Å². The summed E-state index contributed by atoms with van der Waals surface area (Å²) in [6.45, 7) is 2.87. The zero-order valence-electron chi connectivity index (χ0n) is 11.9. The number of nitrogens with one attached hydrogen (secondary N) is 2. The van der Waals surface area contributed by atoms with Gasteiger partial charge < -0.3 is 15.2 Å². The molecule has 0 saturated carbocycles. The first-order valence-corrected chi connectivity index (χ1v) is 7.25. The maximum absolute atomic E-state index is 12.1. The Morgan fingerprint density at radius 3 is 3.10 bits per heavy atom. The van der Waals surface area contributed by atoms with E-state index in [-0.39, 0.29) is 5.56 Å². The predicted molar refractivity (Wildman–Crippen MR) is 81.9 cm³/mol. The van der Waals surface area contributed by atoms with Crippen molar-refractivity contribution in [3.05, 3.63) is 46.2 Å². The van der Waals surface area contributed by atoms with Gasteiger partial charge in [0.2, 0.25) is 0 Å². The van der Waals surface area contributed by atoms with Crippen molar-refractivity contribution in [3.8, 4) is 0 Å². The number of hydrogen-bond acceptors (Lipinski definition) is 3. The fourth-order valence-electron chi connectivity index (χ4n) is 2.91. The van der Waals surface area contributed by atoms with Crippen molar-refractivity contribution < 1.29 is 0 Å². The Morgan fingerprint density at radius 2 is 2.25 bits per heavy atom. The highest BCUT2D eigenvalue weighted by Gasteiger charge is 2.16. The largest absolute Gasteiger partial charge is 0.322 e. The van der Waals surface area contributed by atoms with Crippen molar-refractivity contribution in [2.75, 3.05) is 20.1 Å². The average molecular weight is 271 g/mol. The van der Waals surface area contributed by atoms with Crippen LogP contribution in [-0.2, 0) is 6.54 Å². The van der Waals surface area contributed by atoms with Crippen molar-refractivity contribution in [1.82, 2.24) is 15.2 Å². The molecule has 1 fully saturated rings. The van der Waals surface area contributed by atoms with Gasteiger partial charge in [0.1, 0.15) is 0 Å². The number of piperidine rings is 1. The van der Waals surface area contributed by atoms with Crippen molar-refractivity contribution in [2.45, 2.75) is 25.4 Å². The van der Waals surface area contributed by atoms with Gasteiger partial charge in [0.15, 0.2) is 0 Å². The summed E-state index contributed by atoms with van der Waals surface area (Å²) in [6, 6.07) is 10.4. The molecule has 1 aliphatic rings. The molecule has 2 N–H and O–H groups in total. The molecule has 1 unspecified atom stereocenters. The molecule has 0 spiro atoms. The minimum absolute atomic E-state index is 0.0142. The first kappa shape index (κ1) is 13.3. The number of fused-ring (bicyclic) bond motifs is 1. The summed E-state index contributed by atoms with van der Waals surface area (Å²) in [4.78, 5) is 17.4. The van der Waals surface area contributed by atoms with Crippen molar-refractivity contribution in [2.24, 2.45) is 0 Å². The Kier molecular flexibility index (Phi) is 3.85. The number of aromatic amines is 1. The SMILES string of the molecule is CN1CCCC(NCc2cc3ccccc3[nH]c2=O)C1. The summed E-state index contributed by atoms with van der Waals surface area (Å²) in [6.07, 6.45) is 2.41. The van der Waals surface area contributed by atoms with Gasteiger partial charge in [0, 0.05) is 30.2 Å². The van der Waals surface area contributed by atoms with Gasteiger partial charge >= 0.3 is 0 Å². The van der Waals surface area contributed by atoms with E-state index in [1.54, 1.807) is 0 Å². The number of likely N-dealkylation sites (tertiary alicyclic amines) is 1. The number of aromatic nitrogens is 1. The summed E-state index contributed by atoms with van der Waals surface area (Å²) >= 11 is 0. The Balaban J connectivity index is 1.74. The van der Waals surface area contributed by atoms with E-state index in [1.807, 2.05) is 30.3 Å². The molecule has 0 aliphatic carbocycles. The minimum Gasteiger partial charge on any atom is -0.322 e. The van der Waals surface area contributed by atoms with Gasteiger partial charge in [-0.3, -0.25) is 4.79 Å². The summed E-state index contributed by atoms with van der Waals surface area (Å²) < 4.78 is 0. The Labute approximate surface area is 118 Å². The lowest BCUT2D eigenvalue weighted by atomic mass is 10.1. The van der Waals surface area contributed by atoms with Crippen LogP contribution in [0.4, 0.5) is 0 Å². The lowest BCUT2D eigenvalue weighted by Crippen LogP contribution is -2.44. The molecule has 0 bridgehead atoms. The number of nitrogens with zero attached hydrogens (tertiary/aromatic N) is 1. The van der Waals surface area contributed by atoms with Crippen LogP contribution in [0.15, 0.2) is 35.1 Å². The van der Waals surface area contributed by atoms with Gasteiger partial charge in [-0.1, -0.05) is 18.2 Å². The van der Waals surface area contributed by atoms with Crippen LogP contribution in [-0.4, -0.2) is 36.1 Å². The van der Waals surface area contributed by atoms with E-state index in [1.165, 1.54) is 19.4 Å². The normalized spacial score (nSPS) is 20.4. The third-order valence-electron chi connectivity index (χ3n) is 4.04. The van der Waals surface area contributed by atoms with Gasteiger partial charge in [0.25, 0.3) is 5.56 Å². The van der Waals surface area contributed by atoms with E-state index in [0.717, 1.165) is 23.0 Å². The molecule has 1 saturated heterocycles. The standard InChI is InChI=1S/C16H21N3O/c1-19-8-4-6-14(11-19)17-10-13-9-12-5-2-3-7-15(12)18-16(13)20/h2-3,5,7,9,14,17H,4,6,8,10-11H2,1H3,(H,18,20). The smallest absolute Gasteiger partial charge is 0.252 e. The molecule has 1 atom stereocenters. The van der Waals surface area contributed by atoms with E-state index in [0.29, 0.717) is 12.6 Å². The predicted octanol–water partition coefficient (Wildman–Crippen LogP) is 1.71. The summed E-state index contributed by atoms with van der Waals surface area (Å²) in [5.41, 5.74) is 1.73. The Bertz CT molecular complexity index is 649. The summed E-state index contributed by atoms with van der Waals surface area (Å²) in [5.74, 6) is 0. The number of rotatable bonds is 3. The van der Waals surface area contributed by atoms with E-state index in [2.05, 4.69) is 22.2 Å². The zero-order chi connectivity index (χ0) is 13.9. The van der Waals surface area contributed by atoms with Gasteiger partial charge in [0.05, 0.1) is 0 Å². The maximum Gasteiger partial charge on any atom is 0.252 e. The van der Waals surface area contributed by atoms with Crippen LogP contribution in [0.25, 0.3) is 10.9 Å².